The SMILES string of the molecule is Cc1nc(Cl)sc1S(=O)(=O)N(C)C(C)CC(C)C. The van der Waals surface area contributed by atoms with E-state index in [0.717, 1.165) is 17.8 Å². The van der Waals surface area contributed by atoms with Gasteiger partial charge in [-0.15, -0.1) is 0 Å². The van der Waals surface area contributed by atoms with Crippen LogP contribution in [0.4, 0.5) is 0 Å². The van der Waals surface area contributed by atoms with Gasteiger partial charge in [0, 0.05) is 13.1 Å². The maximum atomic E-state index is 12.4. The second-order valence-electron chi connectivity index (χ2n) is 4.84. The molecule has 18 heavy (non-hydrogen) atoms. The van der Waals surface area contributed by atoms with Crippen molar-refractivity contribution in [3.63, 3.8) is 0 Å². The molecular formula is C11H19ClN2O2S2. The lowest BCUT2D eigenvalue weighted by Crippen LogP contribution is -2.35. The third-order valence-corrected chi connectivity index (χ3v) is 6.60. The van der Waals surface area contributed by atoms with E-state index < -0.39 is 10.0 Å². The Labute approximate surface area is 118 Å². The zero-order valence-electron chi connectivity index (χ0n) is 11.3. The highest BCUT2D eigenvalue weighted by molar-refractivity contribution is 7.91. The van der Waals surface area contributed by atoms with Crippen molar-refractivity contribution in [2.45, 2.75) is 44.4 Å². The number of thiazole rings is 1. The Morgan fingerprint density at radius 3 is 2.33 bits per heavy atom. The quantitative estimate of drug-likeness (QED) is 0.839. The van der Waals surface area contributed by atoms with Crippen molar-refractivity contribution in [2.24, 2.45) is 5.92 Å². The summed E-state index contributed by atoms with van der Waals surface area (Å²) in [4.78, 5) is 3.96. The number of hydrogen-bond donors (Lipinski definition) is 0. The number of aryl methyl sites for hydroxylation is 1. The molecule has 1 aromatic heterocycles. The second-order valence-corrected chi connectivity index (χ2v) is 8.61. The first-order chi connectivity index (χ1) is 8.16. The number of rotatable bonds is 5. The lowest BCUT2D eigenvalue weighted by molar-refractivity contribution is 0.338. The molecule has 1 rings (SSSR count). The molecule has 0 N–H and O–H groups in total. The summed E-state index contributed by atoms with van der Waals surface area (Å²) in [7, 11) is -1.88. The van der Waals surface area contributed by atoms with E-state index in [4.69, 9.17) is 11.6 Å². The van der Waals surface area contributed by atoms with E-state index in [1.165, 1.54) is 4.31 Å². The minimum Gasteiger partial charge on any atom is -0.229 e. The molecule has 0 aliphatic rings. The highest BCUT2D eigenvalue weighted by atomic mass is 35.5. The lowest BCUT2D eigenvalue weighted by Gasteiger charge is -2.25. The first-order valence-corrected chi connectivity index (χ1v) is 8.40. The summed E-state index contributed by atoms with van der Waals surface area (Å²) in [6, 6.07) is -0.0460. The van der Waals surface area contributed by atoms with Gasteiger partial charge in [0.1, 0.15) is 0 Å². The van der Waals surface area contributed by atoms with Crippen molar-refractivity contribution in [3.05, 3.63) is 10.2 Å². The predicted molar refractivity (Wildman–Crippen MR) is 75.7 cm³/mol. The smallest absolute Gasteiger partial charge is 0.229 e. The van der Waals surface area contributed by atoms with Gasteiger partial charge in [-0.2, -0.15) is 4.31 Å². The summed E-state index contributed by atoms with van der Waals surface area (Å²) in [5.74, 6) is 0.448. The van der Waals surface area contributed by atoms with Crippen molar-refractivity contribution < 1.29 is 8.42 Å². The molecular weight excluding hydrogens is 292 g/mol. The molecule has 0 fully saturated rings. The fourth-order valence-corrected chi connectivity index (χ4v) is 5.06. The summed E-state index contributed by atoms with van der Waals surface area (Å²) in [6.07, 6.45) is 0.821. The average Bonchev–Trinajstić information content (AvgIpc) is 2.56. The largest absolute Gasteiger partial charge is 0.254 e. The minimum absolute atomic E-state index is 0.0460. The van der Waals surface area contributed by atoms with Gasteiger partial charge in [-0.1, -0.05) is 36.8 Å². The molecule has 104 valence electrons. The van der Waals surface area contributed by atoms with Crippen LogP contribution in [0.25, 0.3) is 0 Å². The Morgan fingerprint density at radius 2 is 1.94 bits per heavy atom. The zero-order valence-corrected chi connectivity index (χ0v) is 13.7. The molecule has 0 bridgehead atoms. The van der Waals surface area contributed by atoms with Crippen LogP contribution in [0.2, 0.25) is 4.47 Å². The first-order valence-electron chi connectivity index (χ1n) is 5.77. The van der Waals surface area contributed by atoms with E-state index in [0.29, 0.717) is 11.6 Å². The Bertz CT molecular complexity index is 511. The van der Waals surface area contributed by atoms with Gasteiger partial charge >= 0.3 is 0 Å². The Kier molecular flexibility index (Phi) is 5.17. The van der Waals surface area contributed by atoms with Gasteiger partial charge in [0.15, 0.2) is 8.68 Å². The molecule has 0 saturated carbocycles. The van der Waals surface area contributed by atoms with Gasteiger partial charge in [0.05, 0.1) is 5.69 Å². The number of halogens is 1. The molecule has 7 heteroatoms. The van der Waals surface area contributed by atoms with Crippen molar-refractivity contribution >= 4 is 33.0 Å². The van der Waals surface area contributed by atoms with Gasteiger partial charge in [-0.25, -0.2) is 13.4 Å². The molecule has 1 aromatic rings. The fraction of sp³-hybridized carbons (Fsp3) is 0.727. The Balaban J connectivity index is 3.03. The molecule has 1 atom stereocenters. The van der Waals surface area contributed by atoms with Gasteiger partial charge in [0.25, 0.3) is 10.0 Å². The molecule has 0 saturated heterocycles. The summed E-state index contributed by atoms with van der Waals surface area (Å²) in [5, 5.41) is 0. The Morgan fingerprint density at radius 1 is 1.39 bits per heavy atom. The topological polar surface area (TPSA) is 50.3 Å². The van der Waals surface area contributed by atoms with E-state index in [-0.39, 0.29) is 14.7 Å². The van der Waals surface area contributed by atoms with Crippen LogP contribution in [0, 0.1) is 12.8 Å². The van der Waals surface area contributed by atoms with Crippen molar-refractivity contribution in [1.82, 2.24) is 9.29 Å². The van der Waals surface area contributed by atoms with Crippen molar-refractivity contribution in [1.29, 1.82) is 0 Å². The van der Waals surface area contributed by atoms with Gasteiger partial charge in [-0.05, 0) is 26.2 Å². The second kappa shape index (κ2) is 5.86. The number of nitrogens with zero attached hydrogens (tertiary/aromatic N) is 2. The molecule has 0 radical (unpaired) electrons. The van der Waals surface area contributed by atoms with Crippen LogP contribution in [0.1, 0.15) is 32.9 Å². The van der Waals surface area contributed by atoms with Crippen LogP contribution >= 0.6 is 22.9 Å². The molecule has 0 spiro atoms. The highest BCUT2D eigenvalue weighted by Gasteiger charge is 2.29. The molecule has 1 unspecified atom stereocenters. The van der Waals surface area contributed by atoms with E-state index in [1.54, 1.807) is 14.0 Å². The van der Waals surface area contributed by atoms with Crippen LogP contribution in [-0.2, 0) is 10.0 Å². The predicted octanol–water partition coefficient (Wildman–Crippen LogP) is 3.16. The van der Waals surface area contributed by atoms with E-state index in [2.05, 4.69) is 18.8 Å². The van der Waals surface area contributed by atoms with Crippen LogP contribution < -0.4 is 0 Å². The van der Waals surface area contributed by atoms with E-state index >= 15 is 0 Å². The van der Waals surface area contributed by atoms with E-state index in [9.17, 15) is 8.42 Å². The Hall–Kier alpha value is -0.170. The summed E-state index contributed by atoms with van der Waals surface area (Å²) in [6.45, 7) is 7.73. The molecule has 0 aliphatic carbocycles. The number of hydrogen-bond acceptors (Lipinski definition) is 4. The third kappa shape index (κ3) is 3.44. The normalized spacial score (nSPS) is 14.4. The van der Waals surface area contributed by atoms with Crippen LogP contribution in [-0.4, -0.2) is 30.8 Å². The zero-order chi connectivity index (χ0) is 14.1. The van der Waals surface area contributed by atoms with Crippen LogP contribution in [0.15, 0.2) is 4.21 Å². The fourth-order valence-electron chi connectivity index (χ4n) is 1.79. The standard InChI is InChI=1S/C11H19ClN2O2S2/c1-7(2)6-8(3)14(5)18(15,16)10-9(4)13-11(12)17-10/h7-8H,6H2,1-5H3. The highest BCUT2D eigenvalue weighted by Crippen LogP contribution is 2.30. The van der Waals surface area contributed by atoms with Gasteiger partial charge in [-0.3, -0.25) is 0 Å². The monoisotopic (exact) mass is 310 g/mol. The number of sulfonamides is 1. The molecule has 1 heterocycles. The van der Waals surface area contributed by atoms with E-state index in [1.807, 2.05) is 6.92 Å². The van der Waals surface area contributed by atoms with Gasteiger partial charge < -0.3 is 0 Å². The van der Waals surface area contributed by atoms with Crippen LogP contribution in [0.5, 0.6) is 0 Å². The average molecular weight is 311 g/mol. The molecule has 4 nitrogen and oxygen atoms in total. The van der Waals surface area contributed by atoms with Crippen molar-refractivity contribution in [2.75, 3.05) is 7.05 Å². The summed E-state index contributed by atoms with van der Waals surface area (Å²) in [5.41, 5.74) is 0.466. The lowest BCUT2D eigenvalue weighted by atomic mass is 10.1. The maximum absolute atomic E-state index is 12.4. The first kappa shape index (κ1) is 15.9. The molecule has 0 aromatic carbocycles. The van der Waals surface area contributed by atoms with Gasteiger partial charge in [0.2, 0.25) is 0 Å². The minimum atomic E-state index is -3.49. The molecule has 0 amide bonds. The van der Waals surface area contributed by atoms with Crippen LogP contribution in [0.3, 0.4) is 0 Å². The third-order valence-electron chi connectivity index (χ3n) is 2.77. The molecule has 0 aliphatic heterocycles. The van der Waals surface area contributed by atoms with Crippen molar-refractivity contribution in [3.8, 4) is 0 Å². The maximum Gasteiger partial charge on any atom is 0.254 e. The number of aromatic nitrogens is 1. The summed E-state index contributed by atoms with van der Waals surface area (Å²) >= 11 is 6.78. The summed E-state index contributed by atoms with van der Waals surface area (Å²) < 4.78 is 26.8.